The van der Waals surface area contributed by atoms with Crippen molar-refractivity contribution in [3.05, 3.63) is 30.1 Å². The molecule has 106 valence electrons. The molecule has 1 heterocycles. The van der Waals surface area contributed by atoms with Crippen molar-refractivity contribution < 1.29 is 19.4 Å². The Balaban J connectivity index is 1.86. The highest BCUT2D eigenvalue weighted by Gasteiger charge is 2.10. The number of aliphatic carboxylic acids is 1. The van der Waals surface area contributed by atoms with Crippen LogP contribution in [0.15, 0.2) is 24.3 Å². The van der Waals surface area contributed by atoms with E-state index >= 15 is 0 Å². The number of carbonyl (C=O) groups is 1. The molecule has 0 bridgehead atoms. The molecule has 1 aromatic heterocycles. The highest BCUT2D eigenvalue weighted by atomic mass is 16.5. The van der Waals surface area contributed by atoms with Crippen LogP contribution in [0.1, 0.15) is 5.82 Å². The van der Waals surface area contributed by atoms with Gasteiger partial charge in [0.1, 0.15) is 24.5 Å². The number of aromatic nitrogens is 4. The predicted molar refractivity (Wildman–Crippen MR) is 67.6 cm³/mol. The number of rotatable bonds is 7. The first-order valence-corrected chi connectivity index (χ1v) is 5.92. The first kappa shape index (κ1) is 13.8. The zero-order valence-corrected chi connectivity index (χ0v) is 10.9. The normalized spacial score (nSPS) is 10.2. The summed E-state index contributed by atoms with van der Waals surface area (Å²) in [5.41, 5.74) is 0. The van der Waals surface area contributed by atoms with Crippen molar-refractivity contribution in [1.29, 1.82) is 0 Å². The van der Waals surface area contributed by atoms with Crippen molar-refractivity contribution in [2.24, 2.45) is 0 Å². The van der Waals surface area contributed by atoms with Crippen LogP contribution in [-0.2, 0) is 17.8 Å². The van der Waals surface area contributed by atoms with E-state index in [0.29, 0.717) is 24.7 Å². The van der Waals surface area contributed by atoms with Gasteiger partial charge in [0.25, 0.3) is 0 Å². The Hall–Kier alpha value is -2.64. The molecule has 0 aliphatic carbocycles. The van der Waals surface area contributed by atoms with E-state index in [1.165, 1.54) is 4.68 Å². The fourth-order valence-corrected chi connectivity index (χ4v) is 1.58. The van der Waals surface area contributed by atoms with Gasteiger partial charge in [0.2, 0.25) is 0 Å². The van der Waals surface area contributed by atoms with Crippen LogP contribution in [0.25, 0.3) is 0 Å². The molecule has 20 heavy (non-hydrogen) atoms. The summed E-state index contributed by atoms with van der Waals surface area (Å²) in [4.78, 5) is 10.6. The molecule has 0 radical (unpaired) electrons. The largest absolute Gasteiger partial charge is 0.497 e. The molecule has 8 nitrogen and oxygen atoms in total. The zero-order valence-electron chi connectivity index (χ0n) is 10.9. The number of carboxylic acids is 1. The Morgan fingerprint density at radius 3 is 2.65 bits per heavy atom. The first-order chi connectivity index (χ1) is 9.69. The van der Waals surface area contributed by atoms with E-state index in [1.807, 2.05) is 0 Å². The van der Waals surface area contributed by atoms with Crippen LogP contribution in [0.5, 0.6) is 11.5 Å². The number of tetrazole rings is 1. The summed E-state index contributed by atoms with van der Waals surface area (Å²) >= 11 is 0. The maximum atomic E-state index is 10.6. The second-order valence-electron chi connectivity index (χ2n) is 3.91. The van der Waals surface area contributed by atoms with Crippen molar-refractivity contribution in [1.82, 2.24) is 20.2 Å². The lowest BCUT2D eigenvalue weighted by molar-refractivity contribution is -0.136. The van der Waals surface area contributed by atoms with Gasteiger partial charge in [0.05, 0.1) is 13.7 Å². The highest BCUT2D eigenvalue weighted by molar-refractivity contribution is 5.68. The number of methoxy groups -OCH3 is 1. The van der Waals surface area contributed by atoms with Crippen molar-refractivity contribution in [3.8, 4) is 11.5 Å². The summed E-state index contributed by atoms with van der Waals surface area (Å²) in [7, 11) is 1.59. The third kappa shape index (κ3) is 3.67. The fourth-order valence-electron chi connectivity index (χ4n) is 1.58. The Morgan fingerprint density at radius 1 is 1.30 bits per heavy atom. The first-order valence-electron chi connectivity index (χ1n) is 5.92. The lowest BCUT2D eigenvalue weighted by Gasteiger charge is -2.07. The molecule has 0 fully saturated rings. The summed E-state index contributed by atoms with van der Waals surface area (Å²) in [6, 6.07) is 7.16. The Kier molecular flexibility index (Phi) is 4.48. The molecule has 0 aliphatic rings. The third-order valence-corrected chi connectivity index (χ3v) is 2.55. The molecule has 1 N–H and O–H groups in total. The summed E-state index contributed by atoms with van der Waals surface area (Å²) in [6.07, 6.45) is -0.213. The quantitative estimate of drug-likeness (QED) is 0.781. The van der Waals surface area contributed by atoms with E-state index in [-0.39, 0.29) is 6.42 Å². The topological polar surface area (TPSA) is 99.4 Å². The minimum atomic E-state index is -0.975. The number of hydrogen-bond donors (Lipinski definition) is 1. The monoisotopic (exact) mass is 278 g/mol. The van der Waals surface area contributed by atoms with Crippen LogP contribution in [0.3, 0.4) is 0 Å². The molecule has 2 aromatic rings. The van der Waals surface area contributed by atoms with Crippen molar-refractivity contribution in [2.45, 2.75) is 13.0 Å². The molecule has 0 saturated carbocycles. The van der Waals surface area contributed by atoms with Crippen LogP contribution < -0.4 is 9.47 Å². The average molecular weight is 278 g/mol. The lowest BCUT2D eigenvalue weighted by Crippen LogP contribution is -2.15. The minimum Gasteiger partial charge on any atom is -0.497 e. The molecule has 0 atom stereocenters. The van der Waals surface area contributed by atoms with Crippen molar-refractivity contribution in [2.75, 3.05) is 13.7 Å². The van der Waals surface area contributed by atoms with Gasteiger partial charge in [0, 0.05) is 0 Å². The van der Waals surface area contributed by atoms with Gasteiger partial charge in [-0.25, -0.2) is 4.68 Å². The van der Waals surface area contributed by atoms with Gasteiger partial charge in [-0.1, -0.05) is 0 Å². The highest BCUT2D eigenvalue weighted by Crippen LogP contribution is 2.16. The fraction of sp³-hybridized carbons (Fsp3) is 0.333. The van der Waals surface area contributed by atoms with Crippen molar-refractivity contribution >= 4 is 5.97 Å². The van der Waals surface area contributed by atoms with E-state index in [4.69, 9.17) is 14.6 Å². The molecule has 1 aromatic carbocycles. The Labute approximate surface area is 114 Å². The number of benzene rings is 1. The van der Waals surface area contributed by atoms with E-state index < -0.39 is 5.97 Å². The minimum absolute atomic E-state index is 0.213. The second-order valence-corrected chi connectivity index (χ2v) is 3.91. The summed E-state index contributed by atoms with van der Waals surface area (Å²) < 4.78 is 12.0. The van der Waals surface area contributed by atoms with Crippen LogP contribution in [-0.4, -0.2) is 45.0 Å². The third-order valence-electron chi connectivity index (χ3n) is 2.55. The molecular weight excluding hydrogens is 264 g/mol. The molecule has 0 spiro atoms. The SMILES string of the molecule is COc1ccc(OCCn2nnnc2CC(=O)O)cc1. The van der Waals surface area contributed by atoms with E-state index in [0.717, 1.165) is 5.75 Å². The number of ether oxygens (including phenoxy) is 2. The molecule has 0 amide bonds. The van der Waals surface area contributed by atoms with Gasteiger partial charge < -0.3 is 14.6 Å². The smallest absolute Gasteiger partial charge is 0.311 e. The van der Waals surface area contributed by atoms with E-state index in [2.05, 4.69) is 15.5 Å². The summed E-state index contributed by atoms with van der Waals surface area (Å²) in [5, 5.41) is 19.5. The van der Waals surface area contributed by atoms with Gasteiger partial charge in [-0.2, -0.15) is 0 Å². The van der Waals surface area contributed by atoms with Crippen molar-refractivity contribution in [3.63, 3.8) is 0 Å². The second kappa shape index (κ2) is 6.50. The predicted octanol–water partition coefficient (Wildman–Crippen LogP) is 0.388. The molecule has 8 heteroatoms. The van der Waals surface area contributed by atoms with Crippen LogP contribution in [0.4, 0.5) is 0 Å². The van der Waals surface area contributed by atoms with Crippen LogP contribution in [0, 0.1) is 0 Å². The summed E-state index contributed by atoms with van der Waals surface area (Å²) in [6.45, 7) is 0.714. The van der Waals surface area contributed by atoms with E-state index in [1.54, 1.807) is 31.4 Å². The number of carboxylic acid groups (broad SMARTS) is 1. The van der Waals surface area contributed by atoms with Gasteiger partial charge in [-0.05, 0) is 34.7 Å². The van der Waals surface area contributed by atoms with Gasteiger partial charge in [-0.15, -0.1) is 5.10 Å². The van der Waals surface area contributed by atoms with Gasteiger partial charge in [-0.3, -0.25) is 4.79 Å². The molecule has 0 saturated heterocycles. The average Bonchev–Trinajstić information content (AvgIpc) is 2.86. The maximum absolute atomic E-state index is 10.6. The van der Waals surface area contributed by atoms with Crippen LogP contribution in [0.2, 0.25) is 0 Å². The molecular formula is C12H14N4O4. The van der Waals surface area contributed by atoms with Gasteiger partial charge in [0.15, 0.2) is 5.82 Å². The number of nitrogens with zero attached hydrogens (tertiary/aromatic N) is 4. The van der Waals surface area contributed by atoms with E-state index in [9.17, 15) is 4.79 Å². The molecule has 0 unspecified atom stereocenters. The number of hydrogen-bond acceptors (Lipinski definition) is 6. The maximum Gasteiger partial charge on any atom is 0.311 e. The van der Waals surface area contributed by atoms with Crippen LogP contribution >= 0.6 is 0 Å². The molecule has 0 aliphatic heterocycles. The summed E-state index contributed by atoms with van der Waals surface area (Å²) in [5.74, 6) is 0.771. The zero-order chi connectivity index (χ0) is 14.4. The lowest BCUT2D eigenvalue weighted by atomic mass is 10.3. The Bertz CT molecular complexity index is 567. The van der Waals surface area contributed by atoms with Gasteiger partial charge >= 0.3 is 5.97 Å². The molecule has 2 rings (SSSR count). The Morgan fingerprint density at radius 2 is 2.00 bits per heavy atom. The standard InChI is InChI=1S/C12H14N4O4/c1-19-9-2-4-10(5-3-9)20-7-6-16-11(8-12(17)18)13-14-15-16/h2-5H,6-8H2,1H3,(H,17,18).